The van der Waals surface area contributed by atoms with Gasteiger partial charge >= 0.3 is 0 Å². The highest BCUT2D eigenvalue weighted by atomic mass is 16.7. The second-order valence-electron chi connectivity index (χ2n) is 7.58. The molecule has 0 saturated heterocycles. The van der Waals surface area contributed by atoms with E-state index in [9.17, 15) is 9.59 Å². The SMILES string of the molecule is C=CCN1C(=O)C(C)(C)COc2cc(NC(=O)c3ccc4c(c3)OCO4)ccc21. The average molecular weight is 394 g/mol. The summed E-state index contributed by atoms with van der Waals surface area (Å²) in [6, 6.07) is 10.3. The molecule has 150 valence electrons. The highest BCUT2D eigenvalue weighted by Crippen LogP contribution is 2.38. The molecular formula is C22H22N2O5. The lowest BCUT2D eigenvalue weighted by Crippen LogP contribution is -2.42. The molecule has 2 amide bonds. The second-order valence-corrected chi connectivity index (χ2v) is 7.58. The minimum atomic E-state index is -0.669. The number of anilines is 2. The first-order valence-electron chi connectivity index (χ1n) is 9.30. The van der Waals surface area contributed by atoms with Crippen LogP contribution in [-0.2, 0) is 4.79 Å². The van der Waals surface area contributed by atoms with E-state index in [1.165, 1.54) is 0 Å². The van der Waals surface area contributed by atoms with Gasteiger partial charge in [0.15, 0.2) is 11.5 Å². The molecular weight excluding hydrogens is 372 g/mol. The zero-order chi connectivity index (χ0) is 20.6. The van der Waals surface area contributed by atoms with Crippen molar-refractivity contribution < 1.29 is 23.8 Å². The van der Waals surface area contributed by atoms with Crippen molar-refractivity contribution in [3.63, 3.8) is 0 Å². The van der Waals surface area contributed by atoms with Gasteiger partial charge in [0.05, 0.1) is 11.1 Å². The number of amides is 2. The van der Waals surface area contributed by atoms with E-state index in [1.54, 1.807) is 47.4 Å². The summed E-state index contributed by atoms with van der Waals surface area (Å²) in [6.07, 6.45) is 1.68. The Balaban J connectivity index is 1.59. The third kappa shape index (κ3) is 3.51. The predicted molar refractivity (Wildman–Crippen MR) is 109 cm³/mol. The molecule has 0 unspecified atom stereocenters. The molecule has 2 aromatic rings. The fraction of sp³-hybridized carbons (Fsp3) is 0.273. The van der Waals surface area contributed by atoms with Gasteiger partial charge in [0, 0.05) is 23.9 Å². The van der Waals surface area contributed by atoms with Crippen LogP contribution in [0.4, 0.5) is 11.4 Å². The summed E-state index contributed by atoms with van der Waals surface area (Å²) < 4.78 is 16.5. The molecule has 0 aromatic heterocycles. The van der Waals surface area contributed by atoms with E-state index in [1.807, 2.05) is 13.8 Å². The van der Waals surface area contributed by atoms with Crippen LogP contribution in [0.2, 0.25) is 0 Å². The van der Waals surface area contributed by atoms with Crippen molar-refractivity contribution in [2.75, 3.05) is 30.2 Å². The molecule has 0 fully saturated rings. The maximum Gasteiger partial charge on any atom is 0.255 e. The van der Waals surface area contributed by atoms with Gasteiger partial charge in [-0.1, -0.05) is 6.08 Å². The lowest BCUT2D eigenvalue weighted by molar-refractivity contribution is -0.127. The molecule has 7 heteroatoms. The van der Waals surface area contributed by atoms with E-state index < -0.39 is 5.41 Å². The number of benzene rings is 2. The fourth-order valence-electron chi connectivity index (χ4n) is 3.28. The van der Waals surface area contributed by atoms with Crippen LogP contribution in [0.25, 0.3) is 0 Å². The summed E-state index contributed by atoms with van der Waals surface area (Å²) >= 11 is 0. The van der Waals surface area contributed by atoms with Crippen molar-refractivity contribution in [3.05, 3.63) is 54.6 Å². The molecule has 0 bridgehead atoms. The number of carbonyl (C=O) groups is 2. The van der Waals surface area contributed by atoms with Crippen molar-refractivity contribution in [2.45, 2.75) is 13.8 Å². The number of rotatable bonds is 4. The summed E-state index contributed by atoms with van der Waals surface area (Å²) in [5, 5.41) is 2.86. The van der Waals surface area contributed by atoms with Gasteiger partial charge in [-0.05, 0) is 44.2 Å². The Morgan fingerprint density at radius 1 is 1.14 bits per heavy atom. The van der Waals surface area contributed by atoms with Crippen LogP contribution in [0.15, 0.2) is 49.1 Å². The third-order valence-electron chi connectivity index (χ3n) is 4.87. The molecule has 1 N–H and O–H groups in total. The molecule has 7 nitrogen and oxygen atoms in total. The van der Waals surface area contributed by atoms with Crippen molar-refractivity contribution in [2.24, 2.45) is 5.41 Å². The molecule has 2 heterocycles. The number of carbonyl (C=O) groups excluding carboxylic acids is 2. The molecule has 0 aliphatic carbocycles. The lowest BCUT2D eigenvalue weighted by atomic mass is 9.93. The minimum absolute atomic E-state index is 0.0340. The molecule has 2 aliphatic heterocycles. The van der Waals surface area contributed by atoms with E-state index in [0.29, 0.717) is 40.7 Å². The summed E-state index contributed by atoms with van der Waals surface area (Å²) in [6.45, 7) is 8.21. The van der Waals surface area contributed by atoms with Gasteiger partial charge < -0.3 is 24.4 Å². The largest absolute Gasteiger partial charge is 0.490 e. The molecule has 2 aromatic carbocycles. The second kappa shape index (κ2) is 7.16. The smallest absolute Gasteiger partial charge is 0.255 e. The topological polar surface area (TPSA) is 77.1 Å². The highest BCUT2D eigenvalue weighted by Gasteiger charge is 2.37. The normalized spacial score (nSPS) is 16.5. The van der Waals surface area contributed by atoms with Gasteiger partial charge in [0.2, 0.25) is 12.7 Å². The quantitative estimate of drug-likeness (QED) is 0.802. The summed E-state index contributed by atoms with van der Waals surface area (Å²) in [5.41, 5.74) is 1.01. The zero-order valence-electron chi connectivity index (χ0n) is 16.4. The van der Waals surface area contributed by atoms with E-state index >= 15 is 0 Å². The first kappa shape index (κ1) is 18.9. The van der Waals surface area contributed by atoms with Gasteiger partial charge in [-0.2, -0.15) is 0 Å². The number of nitrogens with zero attached hydrogens (tertiary/aromatic N) is 1. The lowest BCUT2D eigenvalue weighted by Gasteiger charge is -2.27. The number of nitrogens with one attached hydrogen (secondary N) is 1. The minimum Gasteiger partial charge on any atom is -0.490 e. The Bertz CT molecular complexity index is 999. The monoisotopic (exact) mass is 394 g/mol. The van der Waals surface area contributed by atoms with Gasteiger partial charge in [-0.3, -0.25) is 9.59 Å². The highest BCUT2D eigenvalue weighted by molar-refractivity contribution is 6.05. The molecule has 0 atom stereocenters. The first-order valence-corrected chi connectivity index (χ1v) is 9.30. The van der Waals surface area contributed by atoms with Gasteiger partial charge in [0.25, 0.3) is 5.91 Å². The predicted octanol–water partition coefficient (Wildman–Crippen LogP) is 3.61. The summed E-state index contributed by atoms with van der Waals surface area (Å²) in [5.74, 6) is 1.39. The van der Waals surface area contributed by atoms with Crippen LogP contribution in [-0.4, -0.2) is 31.8 Å². The maximum absolute atomic E-state index is 12.9. The summed E-state index contributed by atoms with van der Waals surface area (Å²) in [7, 11) is 0. The van der Waals surface area contributed by atoms with E-state index in [2.05, 4.69) is 11.9 Å². The fourth-order valence-corrected chi connectivity index (χ4v) is 3.28. The van der Waals surface area contributed by atoms with Crippen molar-refractivity contribution in [1.29, 1.82) is 0 Å². The van der Waals surface area contributed by atoms with Crippen molar-refractivity contribution in [1.82, 2.24) is 0 Å². The van der Waals surface area contributed by atoms with E-state index in [4.69, 9.17) is 14.2 Å². The number of fused-ring (bicyclic) bond motifs is 2. The Kier molecular flexibility index (Phi) is 4.66. The van der Waals surface area contributed by atoms with Crippen molar-refractivity contribution >= 4 is 23.2 Å². The Hall–Kier alpha value is -3.48. The van der Waals surface area contributed by atoms with Crippen LogP contribution in [0.1, 0.15) is 24.2 Å². The van der Waals surface area contributed by atoms with Crippen LogP contribution in [0.3, 0.4) is 0 Å². The number of hydrogen-bond acceptors (Lipinski definition) is 5. The van der Waals surface area contributed by atoms with Gasteiger partial charge in [-0.25, -0.2) is 0 Å². The van der Waals surface area contributed by atoms with Gasteiger partial charge in [0.1, 0.15) is 12.4 Å². The first-order chi connectivity index (χ1) is 13.9. The van der Waals surface area contributed by atoms with Crippen molar-refractivity contribution in [3.8, 4) is 17.2 Å². The molecule has 4 rings (SSSR count). The number of hydrogen-bond donors (Lipinski definition) is 1. The maximum atomic E-state index is 12.9. The van der Waals surface area contributed by atoms with Crippen LogP contribution in [0.5, 0.6) is 17.2 Å². The molecule has 0 saturated carbocycles. The Morgan fingerprint density at radius 3 is 2.72 bits per heavy atom. The average Bonchev–Trinajstić information content (AvgIpc) is 3.15. The zero-order valence-corrected chi connectivity index (χ0v) is 16.4. The van der Waals surface area contributed by atoms with Crippen LogP contribution < -0.4 is 24.4 Å². The third-order valence-corrected chi connectivity index (χ3v) is 4.87. The van der Waals surface area contributed by atoms with E-state index in [-0.39, 0.29) is 25.2 Å². The Morgan fingerprint density at radius 2 is 1.93 bits per heavy atom. The standard InChI is InChI=1S/C22H22N2O5/c1-4-9-24-16-7-6-15(11-18(16)27-12-22(2,3)21(24)26)23-20(25)14-5-8-17-19(10-14)29-13-28-17/h4-8,10-11H,1,9,12-13H2,2-3H3,(H,23,25). The summed E-state index contributed by atoms with van der Waals surface area (Å²) in [4.78, 5) is 27.2. The van der Waals surface area contributed by atoms with Crippen LogP contribution >= 0.6 is 0 Å². The molecule has 2 aliphatic rings. The Labute approximate surface area is 168 Å². The number of ether oxygens (including phenoxy) is 3. The molecule has 0 radical (unpaired) electrons. The van der Waals surface area contributed by atoms with Crippen LogP contribution in [0, 0.1) is 5.41 Å². The molecule has 0 spiro atoms. The molecule has 29 heavy (non-hydrogen) atoms. The van der Waals surface area contributed by atoms with Gasteiger partial charge in [-0.15, -0.1) is 6.58 Å². The van der Waals surface area contributed by atoms with E-state index in [0.717, 1.165) is 0 Å².